The van der Waals surface area contributed by atoms with Crippen LogP contribution in [0, 0.1) is 0 Å². The number of benzene rings is 1. The van der Waals surface area contributed by atoms with Gasteiger partial charge in [-0.3, -0.25) is 4.79 Å². The molecule has 1 aromatic rings. The van der Waals surface area contributed by atoms with Gasteiger partial charge in [0.05, 0.1) is 12.5 Å². The van der Waals surface area contributed by atoms with Gasteiger partial charge in [-0.25, -0.2) is 0 Å². The van der Waals surface area contributed by atoms with Crippen molar-refractivity contribution in [3.8, 4) is 5.75 Å². The van der Waals surface area contributed by atoms with E-state index in [2.05, 4.69) is 0 Å². The zero-order valence-corrected chi connectivity index (χ0v) is 12.3. The van der Waals surface area contributed by atoms with Gasteiger partial charge in [-0.1, -0.05) is 18.2 Å². The minimum atomic E-state index is 0.106. The second-order valence-corrected chi connectivity index (χ2v) is 5.57. The van der Waals surface area contributed by atoms with Crippen molar-refractivity contribution in [2.75, 3.05) is 13.1 Å². The lowest BCUT2D eigenvalue weighted by molar-refractivity contribution is -0.131. The lowest BCUT2D eigenvalue weighted by Crippen LogP contribution is -2.40. The second kappa shape index (κ2) is 6.75. The fourth-order valence-corrected chi connectivity index (χ4v) is 2.69. The molecule has 1 atom stereocenters. The number of hydrogen-bond acceptors (Lipinski definition) is 3. The number of nitrogens with zero attached hydrogens (tertiary/aromatic N) is 1. The van der Waals surface area contributed by atoms with Gasteiger partial charge in [0.15, 0.2) is 0 Å². The average molecular weight is 276 g/mol. The Kier molecular flexibility index (Phi) is 5.01. The van der Waals surface area contributed by atoms with Crippen LogP contribution >= 0.6 is 0 Å². The molecule has 0 aromatic heterocycles. The summed E-state index contributed by atoms with van der Waals surface area (Å²) in [5.74, 6) is 0.956. The molecule has 0 radical (unpaired) electrons. The minimum absolute atomic E-state index is 0.106. The van der Waals surface area contributed by atoms with Gasteiger partial charge in [0.2, 0.25) is 5.91 Å². The van der Waals surface area contributed by atoms with Crippen LogP contribution < -0.4 is 10.5 Å². The van der Waals surface area contributed by atoms with Crippen molar-refractivity contribution in [1.29, 1.82) is 0 Å². The third-order valence-corrected chi connectivity index (χ3v) is 3.65. The van der Waals surface area contributed by atoms with Crippen molar-refractivity contribution in [1.82, 2.24) is 4.90 Å². The molecule has 1 aromatic carbocycles. The highest BCUT2D eigenvalue weighted by Crippen LogP contribution is 2.23. The Bertz CT molecular complexity index is 460. The molecular formula is C16H24N2O2. The Morgan fingerprint density at radius 1 is 1.45 bits per heavy atom. The molecule has 1 saturated heterocycles. The normalized spacial score (nSPS) is 18.6. The van der Waals surface area contributed by atoms with Crippen LogP contribution in [0.4, 0.5) is 0 Å². The van der Waals surface area contributed by atoms with Gasteiger partial charge >= 0.3 is 0 Å². The average Bonchev–Trinajstić information content (AvgIpc) is 2.88. The SMILES string of the molecule is CC(C)Oc1ccccc1CC(=O)N1CCC[C@@H]1CN. The van der Waals surface area contributed by atoms with Gasteiger partial charge in [-0.15, -0.1) is 0 Å². The Labute approximate surface area is 120 Å². The molecule has 4 heteroatoms. The zero-order valence-electron chi connectivity index (χ0n) is 12.3. The summed E-state index contributed by atoms with van der Waals surface area (Å²) < 4.78 is 5.77. The van der Waals surface area contributed by atoms with E-state index in [1.165, 1.54) is 0 Å². The number of amides is 1. The van der Waals surface area contributed by atoms with Crippen molar-refractivity contribution in [2.45, 2.75) is 45.3 Å². The smallest absolute Gasteiger partial charge is 0.227 e. The minimum Gasteiger partial charge on any atom is -0.491 e. The molecule has 0 spiro atoms. The van der Waals surface area contributed by atoms with Crippen LogP contribution in [0.25, 0.3) is 0 Å². The maximum atomic E-state index is 12.4. The highest BCUT2D eigenvalue weighted by Gasteiger charge is 2.27. The molecule has 1 heterocycles. The molecule has 0 aliphatic carbocycles. The van der Waals surface area contributed by atoms with E-state index in [9.17, 15) is 4.79 Å². The van der Waals surface area contributed by atoms with Crippen molar-refractivity contribution in [3.63, 3.8) is 0 Å². The fraction of sp³-hybridized carbons (Fsp3) is 0.562. The number of rotatable bonds is 5. The number of carbonyl (C=O) groups is 1. The quantitative estimate of drug-likeness (QED) is 0.894. The summed E-state index contributed by atoms with van der Waals surface area (Å²) in [4.78, 5) is 14.4. The standard InChI is InChI=1S/C16H24N2O2/c1-12(2)20-15-8-4-3-6-13(15)10-16(19)18-9-5-7-14(18)11-17/h3-4,6,8,12,14H,5,7,9-11,17H2,1-2H3/t14-/m1/s1. The summed E-state index contributed by atoms with van der Waals surface area (Å²) in [6, 6.07) is 7.97. The van der Waals surface area contributed by atoms with Crippen molar-refractivity contribution >= 4 is 5.91 Å². The molecule has 1 amide bonds. The van der Waals surface area contributed by atoms with Crippen LogP contribution in [-0.4, -0.2) is 36.0 Å². The molecule has 1 aliphatic rings. The van der Waals surface area contributed by atoms with Gasteiger partial charge < -0.3 is 15.4 Å². The number of likely N-dealkylation sites (tertiary alicyclic amines) is 1. The third kappa shape index (κ3) is 3.51. The Morgan fingerprint density at radius 2 is 2.20 bits per heavy atom. The van der Waals surface area contributed by atoms with E-state index in [4.69, 9.17) is 10.5 Å². The molecule has 2 N–H and O–H groups in total. The van der Waals surface area contributed by atoms with E-state index in [-0.39, 0.29) is 18.1 Å². The van der Waals surface area contributed by atoms with Crippen LogP contribution in [0.15, 0.2) is 24.3 Å². The van der Waals surface area contributed by atoms with Gasteiger partial charge in [0, 0.05) is 24.7 Å². The molecule has 1 fully saturated rings. The topological polar surface area (TPSA) is 55.6 Å². The van der Waals surface area contributed by atoms with E-state index in [0.29, 0.717) is 13.0 Å². The fourth-order valence-electron chi connectivity index (χ4n) is 2.69. The summed E-state index contributed by atoms with van der Waals surface area (Å²) >= 11 is 0. The predicted octanol–water partition coefficient (Wildman–Crippen LogP) is 1.97. The maximum Gasteiger partial charge on any atom is 0.227 e. The van der Waals surface area contributed by atoms with Gasteiger partial charge in [0.25, 0.3) is 0 Å². The van der Waals surface area contributed by atoms with Gasteiger partial charge in [0.1, 0.15) is 5.75 Å². The van der Waals surface area contributed by atoms with Crippen LogP contribution in [0.3, 0.4) is 0 Å². The molecule has 2 rings (SSSR count). The van der Waals surface area contributed by atoms with Crippen molar-refractivity contribution < 1.29 is 9.53 Å². The number of hydrogen-bond donors (Lipinski definition) is 1. The molecule has 0 unspecified atom stereocenters. The van der Waals surface area contributed by atoms with E-state index in [1.54, 1.807) is 0 Å². The van der Waals surface area contributed by atoms with Crippen LogP contribution in [0.5, 0.6) is 5.75 Å². The maximum absolute atomic E-state index is 12.4. The third-order valence-electron chi connectivity index (χ3n) is 3.65. The first kappa shape index (κ1) is 14.9. The first-order valence-electron chi connectivity index (χ1n) is 7.36. The zero-order chi connectivity index (χ0) is 14.5. The van der Waals surface area contributed by atoms with E-state index in [1.807, 2.05) is 43.0 Å². The second-order valence-electron chi connectivity index (χ2n) is 5.57. The Balaban J connectivity index is 2.07. The molecule has 1 aliphatic heterocycles. The Morgan fingerprint density at radius 3 is 2.90 bits per heavy atom. The van der Waals surface area contributed by atoms with Crippen molar-refractivity contribution in [2.24, 2.45) is 5.73 Å². The summed E-state index contributed by atoms with van der Waals surface area (Å²) in [5.41, 5.74) is 6.69. The molecular weight excluding hydrogens is 252 g/mol. The van der Waals surface area contributed by atoms with Crippen molar-refractivity contribution in [3.05, 3.63) is 29.8 Å². The number of carbonyl (C=O) groups excluding carboxylic acids is 1. The highest BCUT2D eigenvalue weighted by molar-refractivity contribution is 5.80. The summed E-state index contributed by atoms with van der Waals surface area (Å²) in [6.07, 6.45) is 2.57. The van der Waals surface area contributed by atoms with E-state index in [0.717, 1.165) is 30.7 Å². The first-order valence-corrected chi connectivity index (χ1v) is 7.36. The van der Waals surface area contributed by atoms with Crippen LogP contribution in [-0.2, 0) is 11.2 Å². The van der Waals surface area contributed by atoms with E-state index < -0.39 is 0 Å². The highest BCUT2D eigenvalue weighted by atomic mass is 16.5. The first-order chi connectivity index (χ1) is 9.61. The predicted molar refractivity (Wildman–Crippen MR) is 79.7 cm³/mol. The van der Waals surface area contributed by atoms with Gasteiger partial charge in [-0.2, -0.15) is 0 Å². The van der Waals surface area contributed by atoms with Gasteiger partial charge in [-0.05, 0) is 32.8 Å². The number of para-hydroxylation sites is 1. The number of ether oxygens (including phenoxy) is 1. The summed E-state index contributed by atoms with van der Waals surface area (Å²) in [5, 5.41) is 0. The summed E-state index contributed by atoms with van der Waals surface area (Å²) in [6.45, 7) is 5.36. The monoisotopic (exact) mass is 276 g/mol. The van der Waals surface area contributed by atoms with E-state index >= 15 is 0 Å². The van der Waals surface area contributed by atoms with Crippen LogP contribution in [0.2, 0.25) is 0 Å². The van der Waals surface area contributed by atoms with Crippen LogP contribution in [0.1, 0.15) is 32.3 Å². The summed E-state index contributed by atoms with van der Waals surface area (Å²) in [7, 11) is 0. The molecule has 0 saturated carbocycles. The number of nitrogens with two attached hydrogens (primary N) is 1. The Hall–Kier alpha value is -1.55. The molecule has 4 nitrogen and oxygen atoms in total. The molecule has 20 heavy (non-hydrogen) atoms. The lowest BCUT2D eigenvalue weighted by atomic mass is 10.1. The molecule has 0 bridgehead atoms. The largest absolute Gasteiger partial charge is 0.491 e. The molecule has 110 valence electrons. The lowest BCUT2D eigenvalue weighted by Gasteiger charge is -2.24.